The lowest BCUT2D eigenvalue weighted by Crippen LogP contribution is -2.53. The molecule has 0 radical (unpaired) electrons. The summed E-state index contributed by atoms with van der Waals surface area (Å²) in [5.74, 6) is -1.42. The Morgan fingerprint density at radius 2 is 2.19 bits per heavy atom. The molecule has 0 aliphatic carbocycles. The third kappa shape index (κ3) is 4.85. The number of halogens is 3. The fourth-order valence-electron chi connectivity index (χ4n) is 3.11. The average molecular weight is 391 g/mol. The molecule has 0 bridgehead atoms. The number of nitro groups is 1. The zero-order valence-electron chi connectivity index (χ0n) is 14.9. The Morgan fingerprint density at radius 3 is 2.70 bits per heavy atom. The van der Waals surface area contributed by atoms with Crippen molar-refractivity contribution in [1.82, 2.24) is 4.98 Å². The Balaban J connectivity index is 2.35. The Bertz CT molecular complexity index is 713. The summed E-state index contributed by atoms with van der Waals surface area (Å²) in [6.45, 7) is 4.88. The van der Waals surface area contributed by atoms with Crippen LogP contribution in [-0.2, 0) is 20.4 Å². The Hall–Kier alpha value is -2.43. The van der Waals surface area contributed by atoms with E-state index in [2.05, 4.69) is 10.3 Å². The summed E-state index contributed by atoms with van der Waals surface area (Å²) in [6, 6.07) is -0.375. The van der Waals surface area contributed by atoms with Crippen LogP contribution in [0.2, 0.25) is 0 Å². The molecule has 8 nitrogen and oxygen atoms in total. The highest BCUT2D eigenvalue weighted by molar-refractivity contribution is 5.66. The first-order chi connectivity index (χ1) is 12.5. The van der Waals surface area contributed by atoms with Gasteiger partial charge in [0.25, 0.3) is 5.69 Å². The minimum absolute atomic E-state index is 0.00322. The van der Waals surface area contributed by atoms with E-state index in [-0.39, 0.29) is 18.6 Å². The summed E-state index contributed by atoms with van der Waals surface area (Å²) < 4.78 is 50.9. The molecular weight excluding hydrogens is 371 g/mol. The normalized spacial score (nSPS) is 25.7. The van der Waals surface area contributed by atoms with E-state index in [0.717, 1.165) is 6.20 Å². The molecule has 11 heteroatoms. The van der Waals surface area contributed by atoms with Crippen LogP contribution in [0, 0.1) is 16.0 Å². The van der Waals surface area contributed by atoms with Crippen LogP contribution < -0.4 is 5.32 Å². The third-order valence-electron chi connectivity index (χ3n) is 4.41. The van der Waals surface area contributed by atoms with Crippen LogP contribution in [-0.4, -0.2) is 40.7 Å². The zero-order valence-corrected chi connectivity index (χ0v) is 14.9. The lowest BCUT2D eigenvalue weighted by molar-refractivity contribution is -0.385. The molecule has 0 aromatic carbocycles. The van der Waals surface area contributed by atoms with Gasteiger partial charge < -0.3 is 14.8 Å². The number of carbonyl (C=O) groups is 1. The second-order valence-corrected chi connectivity index (χ2v) is 6.31. The highest BCUT2D eigenvalue weighted by atomic mass is 19.4. The number of hydrogen-bond acceptors (Lipinski definition) is 7. The van der Waals surface area contributed by atoms with Crippen LogP contribution in [0.4, 0.5) is 24.7 Å². The molecule has 1 aromatic rings. The van der Waals surface area contributed by atoms with Gasteiger partial charge in [-0.15, -0.1) is 0 Å². The van der Waals surface area contributed by atoms with Crippen molar-refractivity contribution in [3.8, 4) is 0 Å². The highest BCUT2D eigenvalue weighted by Crippen LogP contribution is 2.37. The molecule has 1 N–H and O–H groups in total. The number of pyridine rings is 1. The van der Waals surface area contributed by atoms with Gasteiger partial charge in [0.1, 0.15) is 23.7 Å². The van der Waals surface area contributed by atoms with Crippen molar-refractivity contribution in [3.05, 3.63) is 27.9 Å². The summed E-state index contributed by atoms with van der Waals surface area (Å²) in [5.41, 5.74) is -2.05. The SMILES string of the molecule is CC[C@H]1OC[C@H](Nc2ncc([N+](=O)[O-])cc2C(F)(F)F)[C@@H](OC(C)=O)[C@H]1C. The molecule has 1 aliphatic heterocycles. The minimum atomic E-state index is -4.86. The number of anilines is 1. The first-order valence-electron chi connectivity index (χ1n) is 8.31. The number of esters is 1. The van der Waals surface area contributed by atoms with Crippen LogP contribution in [0.25, 0.3) is 0 Å². The molecule has 4 atom stereocenters. The number of hydrogen-bond donors (Lipinski definition) is 1. The molecule has 150 valence electrons. The van der Waals surface area contributed by atoms with Crippen LogP contribution in [0.1, 0.15) is 32.8 Å². The van der Waals surface area contributed by atoms with Gasteiger partial charge in [-0.2, -0.15) is 13.2 Å². The Labute approximate surface area is 153 Å². The molecule has 2 heterocycles. The molecule has 0 unspecified atom stereocenters. The predicted octanol–water partition coefficient (Wildman–Crippen LogP) is 3.17. The summed E-state index contributed by atoms with van der Waals surface area (Å²) in [6.07, 6.45) is -4.42. The van der Waals surface area contributed by atoms with Gasteiger partial charge >= 0.3 is 12.1 Å². The highest BCUT2D eigenvalue weighted by Gasteiger charge is 2.42. The maximum Gasteiger partial charge on any atom is 0.420 e. The number of aromatic nitrogens is 1. The molecule has 27 heavy (non-hydrogen) atoms. The Morgan fingerprint density at radius 1 is 1.52 bits per heavy atom. The van der Waals surface area contributed by atoms with Crippen molar-refractivity contribution >= 4 is 17.5 Å². The summed E-state index contributed by atoms with van der Waals surface area (Å²) in [7, 11) is 0. The van der Waals surface area contributed by atoms with E-state index in [4.69, 9.17) is 9.47 Å². The Kier molecular flexibility index (Phi) is 6.24. The number of alkyl halides is 3. The summed E-state index contributed by atoms with van der Waals surface area (Å²) in [4.78, 5) is 24.8. The predicted molar refractivity (Wildman–Crippen MR) is 88.1 cm³/mol. The van der Waals surface area contributed by atoms with Gasteiger partial charge in [0.2, 0.25) is 0 Å². The monoisotopic (exact) mass is 391 g/mol. The number of nitrogens with one attached hydrogen (secondary N) is 1. The number of nitrogens with zero attached hydrogens (tertiary/aromatic N) is 2. The van der Waals surface area contributed by atoms with Crippen LogP contribution in [0.5, 0.6) is 0 Å². The second-order valence-electron chi connectivity index (χ2n) is 6.31. The topological polar surface area (TPSA) is 104 Å². The van der Waals surface area contributed by atoms with E-state index in [1.54, 1.807) is 6.92 Å². The van der Waals surface area contributed by atoms with Crippen LogP contribution in [0.15, 0.2) is 12.3 Å². The third-order valence-corrected chi connectivity index (χ3v) is 4.41. The molecule has 0 spiro atoms. The molecule has 1 aromatic heterocycles. The quantitative estimate of drug-likeness (QED) is 0.467. The molecule has 0 saturated carbocycles. The average Bonchev–Trinajstić information content (AvgIpc) is 2.57. The van der Waals surface area contributed by atoms with Crippen molar-refractivity contribution in [2.45, 2.75) is 51.6 Å². The largest absolute Gasteiger partial charge is 0.460 e. The lowest BCUT2D eigenvalue weighted by atomic mass is 9.88. The van der Waals surface area contributed by atoms with Crippen molar-refractivity contribution in [2.24, 2.45) is 5.92 Å². The molecule has 1 aliphatic rings. The second kappa shape index (κ2) is 8.07. The van der Waals surface area contributed by atoms with Crippen LogP contribution >= 0.6 is 0 Å². The van der Waals surface area contributed by atoms with Gasteiger partial charge in [0.15, 0.2) is 0 Å². The standard InChI is InChI=1S/C16H20F3N3O5/c1-4-13-8(2)14(27-9(3)23)12(7-26-13)21-15-11(16(17,18)19)5-10(6-20-15)22(24)25/h5-6,8,12-14H,4,7H2,1-3H3,(H,20,21)/t8-,12-,13+,14-/m0/s1. The minimum Gasteiger partial charge on any atom is -0.460 e. The molecule has 1 saturated heterocycles. The van der Waals surface area contributed by atoms with E-state index in [0.29, 0.717) is 12.5 Å². The fraction of sp³-hybridized carbons (Fsp3) is 0.625. The molecular formula is C16H20F3N3O5. The molecule has 2 rings (SSSR count). The first kappa shape index (κ1) is 20.9. The fourth-order valence-corrected chi connectivity index (χ4v) is 3.11. The summed E-state index contributed by atoms with van der Waals surface area (Å²) >= 11 is 0. The first-order valence-corrected chi connectivity index (χ1v) is 8.31. The van der Waals surface area contributed by atoms with Gasteiger partial charge in [0.05, 0.1) is 23.7 Å². The van der Waals surface area contributed by atoms with Gasteiger partial charge in [-0.25, -0.2) is 4.98 Å². The van der Waals surface area contributed by atoms with E-state index in [1.165, 1.54) is 6.92 Å². The smallest absolute Gasteiger partial charge is 0.420 e. The van der Waals surface area contributed by atoms with Gasteiger partial charge in [-0.05, 0) is 6.42 Å². The molecule has 1 fully saturated rings. The molecule has 0 amide bonds. The van der Waals surface area contributed by atoms with Crippen molar-refractivity contribution < 1.29 is 32.4 Å². The van der Waals surface area contributed by atoms with E-state index in [9.17, 15) is 28.1 Å². The van der Waals surface area contributed by atoms with Gasteiger partial charge in [0, 0.05) is 18.9 Å². The number of ether oxygens (including phenoxy) is 2. The number of rotatable bonds is 5. The van der Waals surface area contributed by atoms with Crippen molar-refractivity contribution in [1.29, 1.82) is 0 Å². The van der Waals surface area contributed by atoms with Gasteiger partial charge in [-0.3, -0.25) is 14.9 Å². The van der Waals surface area contributed by atoms with Gasteiger partial charge in [-0.1, -0.05) is 13.8 Å². The maximum absolute atomic E-state index is 13.3. The van der Waals surface area contributed by atoms with E-state index in [1.807, 2.05) is 6.92 Å². The summed E-state index contributed by atoms with van der Waals surface area (Å²) in [5, 5.41) is 13.4. The maximum atomic E-state index is 13.3. The zero-order chi connectivity index (χ0) is 20.4. The van der Waals surface area contributed by atoms with Crippen LogP contribution in [0.3, 0.4) is 0 Å². The van der Waals surface area contributed by atoms with Crippen molar-refractivity contribution in [3.63, 3.8) is 0 Å². The van der Waals surface area contributed by atoms with E-state index < -0.39 is 46.3 Å². The van der Waals surface area contributed by atoms with E-state index >= 15 is 0 Å². The lowest BCUT2D eigenvalue weighted by Gasteiger charge is -2.41. The van der Waals surface area contributed by atoms with Crippen molar-refractivity contribution in [2.75, 3.05) is 11.9 Å². The number of carbonyl (C=O) groups excluding carboxylic acids is 1.